The molecule has 0 atom stereocenters. The predicted octanol–water partition coefficient (Wildman–Crippen LogP) is 6.39. The lowest BCUT2D eigenvalue weighted by Crippen LogP contribution is -2.04. The lowest BCUT2D eigenvalue weighted by molar-refractivity contribution is 0.129. The Bertz CT molecular complexity index is 228. The van der Waals surface area contributed by atoms with Crippen molar-refractivity contribution in [2.24, 2.45) is 5.73 Å². The summed E-state index contributed by atoms with van der Waals surface area (Å²) in [6, 6.07) is 0. The fourth-order valence-corrected chi connectivity index (χ4v) is 2.74. The Hall–Kier alpha value is -0.340. The van der Waals surface area contributed by atoms with Crippen LogP contribution in [0.5, 0.6) is 0 Å². The molecule has 0 radical (unpaired) electrons. The van der Waals surface area contributed by atoms with E-state index in [9.17, 15) is 0 Å². The molecule has 0 saturated carbocycles. The van der Waals surface area contributed by atoms with Gasteiger partial charge in [-0.1, -0.05) is 76.9 Å². The standard InChI is InChI=1S/C21H43NO/c1-2-3-4-5-6-7-8-9-10-11-12-13-14-15-16-17-20-23-21-18-19-22/h9-10H,2-8,11-22H2,1H3. The highest BCUT2D eigenvalue weighted by Gasteiger charge is 1.92. The second-order valence-electron chi connectivity index (χ2n) is 6.69. The Morgan fingerprint density at radius 1 is 0.609 bits per heavy atom. The Labute approximate surface area is 146 Å². The normalized spacial score (nSPS) is 11.6. The largest absolute Gasteiger partial charge is 0.381 e. The van der Waals surface area contributed by atoms with Gasteiger partial charge in [0, 0.05) is 13.2 Å². The van der Waals surface area contributed by atoms with Crippen LogP contribution < -0.4 is 5.73 Å². The van der Waals surface area contributed by atoms with E-state index >= 15 is 0 Å². The van der Waals surface area contributed by atoms with E-state index in [2.05, 4.69) is 19.1 Å². The highest BCUT2D eigenvalue weighted by molar-refractivity contribution is 4.81. The summed E-state index contributed by atoms with van der Waals surface area (Å²) in [5, 5.41) is 0. The van der Waals surface area contributed by atoms with Crippen LogP contribution in [0.1, 0.15) is 103 Å². The molecule has 23 heavy (non-hydrogen) atoms. The highest BCUT2D eigenvalue weighted by Crippen LogP contribution is 2.09. The molecule has 0 unspecified atom stereocenters. The van der Waals surface area contributed by atoms with Crippen molar-refractivity contribution >= 4 is 0 Å². The summed E-state index contributed by atoms with van der Waals surface area (Å²) in [5.41, 5.74) is 5.42. The number of rotatable bonds is 19. The van der Waals surface area contributed by atoms with Crippen LogP contribution in [-0.4, -0.2) is 19.8 Å². The Morgan fingerprint density at radius 3 is 1.65 bits per heavy atom. The molecule has 138 valence electrons. The van der Waals surface area contributed by atoms with Gasteiger partial charge in [0.15, 0.2) is 0 Å². The average Bonchev–Trinajstić information content (AvgIpc) is 2.57. The van der Waals surface area contributed by atoms with Gasteiger partial charge in [-0.25, -0.2) is 0 Å². The van der Waals surface area contributed by atoms with Gasteiger partial charge in [-0.3, -0.25) is 0 Å². The van der Waals surface area contributed by atoms with Crippen molar-refractivity contribution in [1.82, 2.24) is 0 Å². The van der Waals surface area contributed by atoms with Crippen LogP contribution in [0, 0.1) is 0 Å². The fraction of sp³-hybridized carbons (Fsp3) is 0.905. The first-order chi connectivity index (χ1) is 11.4. The lowest BCUT2D eigenvalue weighted by atomic mass is 10.1. The number of ether oxygens (including phenoxy) is 1. The van der Waals surface area contributed by atoms with Crippen LogP contribution in [0.2, 0.25) is 0 Å². The fourth-order valence-electron chi connectivity index (χ4n) is 2.74. The molecule has 0 aliphatic carbocycles. The molecular weight excluding hydrogens is 282 g/mol. The predicted molar refractivity (Wildman–Crippen MR) is 104 cm³/mol. The molecule has 0 rings (SSSR count). The molecule has 0 aromatic heterocycles. The van der Waals surface area contributed by atoms with Crippen LogP contribution in [0.25, 0.3) is 0 Å². The summed E-state index contributed by atoms with van der Waals surface area (Å²) in [6.07, 6.45) is 24.8. The van der Waals surface area contributed by atoms with Gasteiger partial charge >= 0.3 is 0 Å². The van der Waals surface area contributed by atoms with E-state index in [1.165, 1.54) is 89.9 Å². The SMILES string of the molecule is CCCCCCCCC=CCCCCCCCCOCCCN. The Morgan fingerprint density at radius 2 is 1.09 bits per heavy atom. The second kappa shape index (κ2) is 21.7. The molecule has 0 bridgehead atoms. The van der Waals surface area contributed by atoms with Gasteiger partial charge in [-0.05, 0) is 45.1 Å². The summed E-state index contributed by atoms with van der Waals surface area (Å²) in [6.45, 7) is 4.78. The maximum atomic E-state index is 5.50. The summed E-state index contributed by atoms with van der Waals surface area (Å²) in [7, 11) is 0. The van der Waals surface area contributed by atoms with Gasteiger partial charge in [0.2, 0.25) is 0 Å². The molecule has 0 aliphatic rings. The molecule has 0 fully saturated rings. The molecule has 0 amide bonds. The van der Waals surface area contributed by atoms with Crippen LogP contribution in [-0.2, 0) is 4.74 Å². The first-order valence-electron chi connectivity index (χ1n) is 10.3. The third-order valence-corrected chi connectivity index (χ3v) is 4.29. The Balaban J connectivity index is 3.02. The van der Waals surface area contributed by atoms with Gasteiger partial charge in [0.1, 0.15) is 0 Å². The number of hydrogen-bond acceptors (Lipinski definition) is 2. The third kappa shape index (κ3) is 21.7. The van der Waals surface area contributed by atoms with Crippen molar-refractivity contribution < 1.29 is 4.74 Å². The van der Waals surface area contributed by atoms with Crippen molar-refractivity contribution in [3.05, 3.63) is 12.2 Å². The van der Waals surface area contributed by atoms with Crippen LogP contribution in [0.4, 0.5) is 0 Å². The van der Waals surface area contributed by atoms with E-state index in [0.717, 1.165) is 26.2 Å². The minimum atomic E-state index is 0.743. The van der Waals surface area contributed by atoms with E-state index < -0.39 is 0 Å². The van der Waals surface area contributed by atoms with Crippen LogP contribution in [0.15, 0.2) is 12.2 Å². The molecule has 0 heterocycles. The number of allylic oxidation sites excluding steroid dienone is 2. The van der Waals surface area contributed by atoms with Gasteiger partial charge < -0.3 is 10.5 Å². The van der Waals surface area contributed by atoms with Crippen LogP contribution in [0.3, 0.4) is 0 Å². The second-order valence-corrected chi connectivity index (χ2v) is 6.69. The molecule has 0 saturated heterocycles. The summed E-state index contributed by atoms with van der Waals surface area (Å²) < 4.78 is 5.50. The van der Waals surface area contributed by atoms with E-state index in [4.69, 9.17) is 10.5 Å². The average molecular weight is 326 g/mol. The highest BCUT2D eigenvalue weighted by atomic mass is 16.5. The summed E-state index contributed by atoms with van der Waals surface area (Å²) >= 11 is 0. The zero-order chi connectivity index (χ0) is 16.8. The third-order valence-electron chi connectivity index (χ3n) is 4.29. The Kier molecular flexibility index (Phi) is 21.3. The topological polar surface area (TPSA) is 35.2 Å². The van der Waals surface area contributed by atoms with E-state index in [1.54, 1.807) is 0 Å². The maximum absolute atomic E-state index is 5.50. The van der Waals surface area contributed by atoms with E-state index in [0.29, 0.717) is 0 Å². The van der Waals surface area contributed by atoms with Crippen molar-refractivity contribution in [1.29, 1.82) is 0 Å². The van der Waals surface area contributed by atoms with Gasteiger partial charge in [0.25, 0.3) is 0 Å². The molecule has 0 aromatic carbocycles. The number of nitrogens with two attached hydrogens (primary N) is 1. The molecule has 2 nitrogen and oxygen atoms in total. The van der Waals surface area contributed by atoms with E-state index in [-0.39, 0.29) is 0 Å². The summed E-state index contributed by atoms with van der Waals surface area (Å²) in [4.78, 5) is 0. The summed E-state index contributed by atoms with van der Waals surface area (Å²) in [5.74, 6) is 0. The van der Waals surface area contributed by atoms with Crippen molar-refractivity contribution in [3.63, 3.8) is 0 Å². The maximum Gasteiger partial charge on any atom is 0.0478 e. The van der Waals surface area contributed by atoms with Crippen molar-refractivity contribution in [2.45, 2.75) is 103 Å². The van der Waals surface area contributed by atoms with Gasteiger partial charge in [0.05, 0.1) is 0 Å². The van der Waals surface area contributed by atoms with Gasteiger partial charge in [-0.2, -0.15) is 0 Å². The van der Waals surface area contributed by atoms with Crippen molar-refractivity contribution in [3.8, 4) is 0 Å². The van der Waals surface area contributed by atoms with Crippen LogP contribution >= 0.6 is 0 Å². The first-order valence-corrected chi connectivity index (χ1v) is 10.3. The number of hydrogen-bond donors (Lipinski definition) is 1. The minimum absolute atomic E-state index is 0.743. The van der Waals surface area contributed by atoms with Gasteiger partial charge in [-0.15, -0.1) is 0 Å². The first kappa shape index (κ1) is 22.7. The minimum Gasteiger partial charge on any atom is -0.381 e. The number of unbranched alkanes of at least 4 members (excludes halogenated alkanes) is 12. The molecule has 2 N–H and O–H groups in total. The smallest absolute Gasteiger partial charge is 0.0478 e. The zero-order valence-corrected chi connectivity index (χ0v) is 15.9. The monoisotopic (exact) mass is 325 g/mol. The lowest BCUT2D eigenvalue weighted by Gasteiger charge is -2.03. The van der Waals surface area contributed by atoms with Crippen molar-refractivity contribution in [2.75, 3.05) is 19.8 Å². The zero-order valence-electron chi connectivity index (χ0n) is 15.9. The van der Waals surface area contributed by atoms with E-state index in [1.807, 2.05) is 0 Å². The molecular formula is C21H43NO. The molecule has 0 spiro atoms. The molecule has 2 heteroatoms. The molecule has 0 aromatic rings. The quantitative estimate of drug-likeness (QED) is 0.220. The molecule has 0 aliphatic heterocycles.